The fourth-order valence-electron chi connectivity index (χ4n) is 2.74. The summed E-state index contributed by atoms with van der Waals surface area (Å²) >= 11 is 5.83. The van der Waals surface area contributed by atoms with Crippen molar-refractivity contribution in [2.75, 3.05) is 19.5 Å². The molecule has 0 saturated carbocycles. The van der Waals surface area contributed by atoms with Gasteiger partial charge >= 0.3 is 17.8 Å². The van der Waals surface area contributed by atoms with Crippen molar-refractivity contribution in [3.05, 3.63) is 82.9 Å². The number of esters is 1. The lowest BCUT2D eigenvalue weighted by atomic mass is 10.2. The monoisotopic (exact) mass is 481 g/mol. The van der Waals surface area contributed by atoms with E-state index in [0.29, 0.717) is 27.6 Å². The molecule has 2 N–H and O–H groups in total. The third-order valence-electron chi connectivity index (χ3n) is 4.41. The number of hydrogen-bond donors (Lipinski definition) is 2. The van der Waals surface area contributed by atoms with Gasteiger partial charge in [0.25, 0.3) is 0 Å². The number of rotatable bonds is 7. The summed E-state index contributed by atoms with van der Waals surface area (Å²) in [6.45, 7) is 0. The van der Waals surface area contributed by atoms with Crippen LogP contribution in [0.3, 0.4) is 0 Å². The van der Waals surface area contributed by atoms with Crippen molar-refractivity contribution in [2.45, 2.75) is 0 Å². The second kappa shape index (κ2) is 11.5. The van der Waals surface area contributed by atoms with Gasteiger partial charge in [-0.05, 0) is 60.2 Å². The van der Waals surface area contributed by atoms with Gasteiger partial charge in [0.15, 0.2) is 11.5 Å². The summed E-state index contributed by atoms with van der Waals surface area (Å²) in [5.41, 5.74) is 3.34. The summed E-state index contributed by atoms with van der Waals surface area (Å²) in [5.74, 6) is -1.58. The number of methoxy groups -OCH3 is 2. The molecule has 0 aliphatic rings. The fourth-order valence-corrected chi connectivity index (χ4v) is 2.86. The molecule has 10 heteroatoms. The highest BCUT2D eigenvalue weighted by molar-refractivity contribution is 6.39. The number of nitrogens with zero attached hydrogens (tertiary/aromatic N) is 1. The van der Waals surface area contributed by atoms with Crippen molar-refractivity contribution in [1.82, 2.24) is 5.43 Å². The van der Waals surface area contributed by atoms with Crippen LogP contribution in [0.25, 0.3) is 0 Å². The summed E-state index contributed by atoms with van der Waals surface area (Å²) in [6, 6.07) is 17.6. The largest absolute Gasteiger partial charge is 0.495 e. The Morgan fingerprint density at radius 1 is 0.853 bits per heavy atom. The average molecular weight is 482 g/mol. The van der Waals surface area contributed by atoms with E-state index in [1.807, 2.05) is 0 Å². The van der Waals surface area contributed by atoms with Crippen LogP contribution < -0.4 is 25.0 Å². The predicted octanol–water partition coefficient (Wildman–Crippen LogP) is 3.67. The first-order valence-electron chi connectivity index (χ1n) is 9.84. The van der Waals surface area contributed by atoms with Crippen molar-refractivity contribution in [3.8, 4) is 17.2 Å². The molecule has 0 saturated heterocycles. The average Bonchev–Trinajstić information content (AvgIpc) is 2.85. The molecule has 9 nitrogen and oxygen atoms in total. The van der Waals surface area contributed by atoms with Crippen molar-refractivity contribution < 1.29 is 28.6 Å². The molecule has 0 atom stereocenters. The maximum absolute atomic E-state index is 12.3. The van der Waals surface area contributed by atoms with Crippen molar-refractivity contribution >= 4 is 41.3 Å². The molecule has 0 fully saturated rings. The number of ether oxygens (including phenoxy) is 3. The Morgan fingerprint density at radius 3 is 2.26 bits per heavy atom. The Hall–Kier alpha value is -4.37. The number of hydrazone groups is 1. The molecule has 0 radical (unpaired) electrons. The van der Waals surface area contributed by atoms with E-state index >= 15 is 0 Å². The molecule has 3 aromatic carbocycles. The zero-order valence-corrected chi connectivity index (χ0v) is 19.0. The minimum Gasteiger partial charge on any atom is -0.495 e. The second-order valence-electron chi connectivity index (χ2n) is 6.66. The van der Waals surface area contributed by atoms with E-state index in [1.54, 1.807) is 60.7 Å². The van der Waals surface area contributed by atoms with Crippen molar-refractivity contribution in [3.63, 3.8) is 0 Å². The van der Waals surface area contributed by atoms with E-state index in [2.05, 4.69) is 15.8 Å². The Labute approximate surface area is 200 Å². The Bertz CT molecular complexity index is 1230. The standard InChI is InChI=1S/C24H20ClN3O6/c1-32-19-6-4-3-5-18(19)27-22(29)23(30)28-26-14-15-7-12-20(21(13-15)33-2)34-24(31)16-8-10-17(25)11-9-16/h3-14H,1-2H3,(H,27,29)(H,28,30)/b26-14-. The zero-order chi connectivity index (χ0) is 24.5. The van der Waals surface area contributed by atoms with Crippen LogP contribution in [0.15, 0.2) is 71.8 Å². The van der Waals surface area contributed by atoms with Gasteiger partial charge in [0.05, 0.1) is 31.7 Å². The lowest BCUT2D eigenvalue weighted by Crippen LogP contribution is -2.32. The van der Waals surface area contributed by atoms with Crippen LogP contribution in [0.2, 0.25) is 5.02 Å². The molecule has 0 aliphatic heterocycles. The first kappa shape index (κ1) is 24.3. The molecule has 3 aromatic rings. The molecule has 0 heterocycles. The first-order valence-corrected chi connectivity index (χ1v) is 10.2. The van der Waals surface area contributed by atoms with E-state index in [4.69, 9.17) is 25.8 Å². The third kappa shape index (κ3) is 6.33. The minimum absolute atomic E-state index is 0.194. The highest BCUT2D eigenvalue weighted by atomic mass is 35.5. The van der Waals surface area contributed by atoms with Crippen LogP contribution in [-0.4, -0.2) is 38.2 Å². The van der Waals surface area contributed by atoms with Crippen LogP contribution in [0.5, 0.6) is 17.2 Å². The zero-order valence-electron chi connectivity index (χ0n) is 18.2. The molecular weight excluding hydrogens is 462 g/mol. The summed E-state index contributed by atoms with van der Waals surface area (Å²) in [4.78, 5) is 36.4. The first-order chi connectivity index (χ1) is 16.4. The topological polar surface area (TPSA) is 115 Å². The molecule has 174 valence electrons. The number of para-hydroxylation sites is 2. The summed E-state index contributed by atoms with van der Waals surface area (Å²) in [7, 11) is 2.87. The summed E-state index contributed by atoms with van der Waals surface area (Å²) in [5, 5.41) is 6.72. The van der Waals surface area contributed by atoms with Gasteiger partial charge in [0.1, 0.15) is 5.75 Å². The van der Waals surface area contributed by atoms with Gasteiger partial charge in [-0.1, -0.05) is 23.7 Å². The SMILES string of the molecule is COc1ccccc1NC(=O)C(=O)N/N=C\c1ccc(OC(=O)c2ccc(Cl)cc2)c(OC)c1. The highest BCUT2D eigenvalue weighted by Crippen LogP contribution is 2.28. The van der Waals surface area contributed by atoms with Crippen LogP contribution in [0.1, 0.15) is 15.9 Å². The van der Waals surface area contributed by atoms with Gasteiger partial charge in [-0.25, -0.2) is 10.2 Å². The van der Waals surface area contributed by atoms with E-state index in [-0.39, 0.29) is 11.5 Å². The summed E-state index contributed by atoms with van der Waals surface area (Å²) in [6.07, 6.45) is 1.31. The number of halogens is 1. The summed E-state index contributed by atoms with van der Waals surface area (Å²) < 4.78 is 15.8. The molecule has 3 rings (SSSR count). The number of hydrogen-bond acceptors (Lipinski definition) is 7. The lowest BCUT2D eigenvalue weighted by molar-refractivity contribution is -0.136. The maximum Gasteiger partial charge on any atom is 0.343 e. The Morgan fingerprint density at radius 2 is 1.56 bits per heavy atom. The highest BCUT2D eigenvalue weighted by Gasteiger charge is 2.15. The molecule has 34 heavy (non-hydrogen) atoms. The lowest BCUT2D eigenvalue weighted by Gasteiger charge is -2.10. The van der Waals surface area contributed by atoms with Gasteiger partial charge < -0.3 is 19.5 Å². The fraction of sp³-hybridized carbons (Fsp3) is 0.0833. The van der Waals surface area contributed by atoms with Crippen molar-refractivity contribution in [1.29, 1.82) is 0 Å². The van der Waals surface area contributed by atoms with Crippen LogP contribution in [0.4, 0.5) is 5.69 Å². The van der Waals surface area contributed by atoms with Crippen LogP contribution >= 0.6 is 11.6 Å². The van der Waals surface area contributed by atoms with Crippen molar-refractivity contribution in [2.24, 2.45) is 5.10 Å². The normalized spacial score (nSPS) is 10.4. The van der Waals surface area contributed by atoms with E-state index in [1.165, 1.54) is 26.5 Å². The number of carbonyl (C=O) groups excluding carboxylic acids is 3. The van der Waals surface area contributed by atoms with E-state index < -0.39 is 17.8 Å². The number of nitrogens with one attached hydrogen (secondary N) is 2. The Kier molecular flexibility index (Phi) is 8.20. The number of anilines is 1. The van der Waals surface area contributed by atoms with Gasteiger partial charge in [-0.3, -0.25) is 9.59 Å². The van der Waals surface area contributed by atoms with Gasteiger partial charge in [-0.2, -0.15) is 5.10 Å². The van der Waals surface area contributed by atoms with Gasteiger partial charge in [0, 0.05) is 5.02 Å². The molecule has 0 spiro atoms. The van der Waals surface area contributed by atoms with Crippen LogP contribution in [0, 0.1) is 0 Å². The molecule has 0 bridgehead atoms. The van der Waals surface area contributed by atoms with Crippen LogP contribution in [-0.2, 0) is 9.59 Å². The van der Waals surface area contributed by atoms with Gasteiger partial charge in [-0.15, -0.1) is 0 Å². The molecule has 0 aromatic heterocycles. The Balaban J connectivity index is 1.61. The second-order valence-corrected chi connectivity index (χ2v) is 7.10. The van der Waals surface area contributed by atoms with E-state index in [0.717, 1.165) is 0 Å². The number of carbonyl (C=O) groups is 3. The molecule has 2 amide bonds. The number of amides is 2. The number of benzene rings is 3. The third-order valence-corrected chi connectivity index (χ3v) is 4.66. The molecule has 0 aliphatic carbocycles. The predicted molar refractivity (Wildman–Crippen MR) is 127 cm³/mol. The minimum atomic E-state index is -0.970. The smallest absolute Gasteiger partial charge is 0.343 e. The molecular formula is C24H20ClN3O6. The van der Waals surface area contributed by atoms with Gasteiger partial charge in [0.2, 0.25) is 0 Å². The van der Waals surface area contributed by atoms with E-state index in [9.17, 15) is 14.4 Å². The quantitative estimate of drug-likeness (QED) is 0.175. The maximum atomic E-state index is 12.3. The molecule has 0 unspecified atom stereocenters.